The van der Waals surface area contributed by atoms with Gasteiger partial charge in [0.05, 0.1) is 0 Å². The van der Waals surface area contributed by atoms with E-state index in [0.717, 1.165) is 38.2 Å². The Morgan fingerprint density at radius 2 is 2.18 bits per heavy atom. The third kappa shape index (κ3) is 2.57. The third-order valence-electron chi connectivity index (χ3n) is 3.35. The lowest BCUT2D eigenvalue weighted by atomic mass is 10.2. The highest BCUT2D eigenvalue weighted by atomic mass is 15.2. The first-order valence-corrected chi connectivity index (χ1v) is 6.53. The summed E-state index contributed by atoms with van der Waals surface area (Å²) in [5, 5.41) is 0. The van der Waals surface area contributed by atoms with Gasteiger partial charge >= 0.3 is 0 Å². The van der Waals surface area contributed by atoms with Crippen LogP contribution in [0.5, 0.6) is 0 Å². The lowest BCUT2D eigenvalue weighted by Gasteiger charge is -2.29. The van der Waals surface area contributed by atoms with Crippen molar-refractivity contribution in [2.24, 2.45) is 5.73 Å². The lowest BCUT2D eigenvalue weighted by molar-refractivity contribution is 0.644. The lowest BCUT2D eigenvalue weighted by Crippen LogP contribution is -2.34. The Labute approximate surface area is 103 Å². The molecule has 0 bridgehead atoms. The minimum atomic E-state index is 0.459. The molecule has 0 atom stereocenters. The van der Waals surface area contributed by atoms with E-state index >= 15 is 0 Å². The Morgan fingerprint density at radius 3 is 2.88 bits per heavy atom. The first kappa shape index (κ1) is 12.3. The third-order valence-corrected chi connectivity index (χ3v) is 3.35. The van der Waals surface area contributed by atoms with Crippen LogP contribution in [0.3, 0.4) is 0 Å². The Balaban J connectivity index is 2.26. The van der Waals surface area contributed by atoms with Gasteiger partial charge in [-0.15, -0.1) is 0 Å². The molecular weight excluding hydrogens is 212 g/mol. The van der Waals surface area contributed by atoms with Gasteiger partial charge in [0.15, 0.2) is 0 Å². The van der Waals surface area contributed by atoms with Crippen molar-refractivity contribution in [1.82, 2.24) is 9.97 Å². The van der Waals surface area contributed by atoms with Crippen LogP contribution < -0.4 is 10.6 Å². The largest absolute Gasteiger partial charge is 0.354 e. The van der Waals surface area contributed by atoms with Gasteiger partial charge < -0.3 is 10.6 Å². The summed E-state index contributed by atoms with van der Waals surface area (Å²) in [6.45, 7) is 6.13. The highest BCUT2D eigenvalue weighted by molar-refractivity contribution is 5.51. The van der Waals surface area contributed by atoms with Crippen LogP contribution in [0, 0.1) is 0 Å². The molecule has 0 amide bonds. The second-order valence-corrected chi connectivity index (χ2v) is 4.91. The van der Waals surface area contributed by atoms with Crippen molar-refractivity contribution in [1.29, 1.82) is 0 Å². The van der Waals surface area contributed by atoms with Gasteiger partial charge in [-0.3, -0.25) is 0 Å². The van der Waals surface area contributed by atoms with Gasteiger partial charge in [0.2, 0.25) is 0 Å². The van der Waals surface area contributed by atoms with Crippen molar-refractivity contribution in [3.05, 3.63) is 17.6 Å². The maximum Gasteiger partial charge on any atom is 0.135 e. The summed E-state index contributed by atoms with van der Waals surface area (Å²) in [6, 6.07) is 0.459. The Morgan fingerprint density at radius 1 is 1.35 bits per heavy atom. The number of fused-ring (bicyclic) bond motifs is 1. The van der Waals surface area contributed by atoms with Crippen LogP contribution in [0.15, 0.2) is 6.33 Å². The molecule has 17 heavy (non-hydrogen) atoms. The molecule has 94 valence electrons. The van der Waals surface area contributed by atoms with E-state index in [4.69, 9.17) is 5.73 Å². The van der Waals surface area contributed by atoms with Crippen LogP contribution in [0.25, 0.3) is 0 Å². The van der Waals surface area contributed by atoms with Crippen molar-refractivity contribution < 1.29 is 0 Å². The summed E-state index contributed by atoms with van der Waals surface area (Å²) in [6.07, 6.45) is 6.16. The number of nitrogens with zero attached hydrogens (tertiary/aromatic N) is 3. The van der Waals surface area contributed by atoms with E-state index in [1.165, 1.54) is 17.7 Å². The number of hydrogen-bond donors (Lipinski definition) is 1. The molecule has 0 saturated carbocycles. The molecule has 0 fully saturated rings. The number of aromatic nitrogens is 2. The molecule has 0 radical (unpaired) electrons. The zero-order valence-electron chi connectivity index (χ0n) is 10.8. The molecular formula is C13H22N4. The van der Waals surface area contributed by atoms with Crippen molar-refractivity contribution in [3.8, 4) is 0 Å². The fraction of sp³-hybridized carbons (Fsp3) is 0.692. The van der Waals surface area contributed by atoms with Gasteiger partial charge in [0.1, 0.15) is 12.1 Å². The molecule has 0 aliphatic heterocycles. The van der Waals surface area contributed by atoms with Gasteiger partial charge in [-0.2, -0.15) is 0 Å². The standard InChI is InChI=1S/C13H22N4/c1-10(2)17(8-4-7-14)13-11-5-3-6-12(11)15-9-16-13/h9-10H,3-8,14H2,1-2H3. The van der Waals surface area contributed by atoms with Crippen molar-refractivity contribution in [2.45, 2.75) is 45.6 Å². The van der Waals surface area contributed by atoms with Crippen molar-refractivity contribution in [3.63, 3.8) is 0 Å². The first-order valence-electron chi connectivity index (χ1n) is 6.53. The monoisotopic (exact) mass is 234 g/mol. The molecule has 1 aliphatic carbocycles. The highest BCUT2D eigenvalue weighted by Crippen LogP contribution is 2.28. The van der Waals surface area contributed by atoms with Crippen LogP contribution in [-0.2, 0) is 12.8 Å². The second kappa shape index (κ2) is 5.45. The molecule has 1 heterocycles. The predicted octanol–water partition coefficient (Wildman–Crippen LogP) is 1.53. The molecule has 2 rings (SSSR count). The SMILES string of the molecule is CC(C)N(CCCN)c1ncnc2c1CCC2. The smallest absolute Gasteiger partial charge is 0.135 e. The quantitative estimate of drug-likeness (QED) is 0.839. The summed E-state index contributed by atoms with van der Waals surface area (Å²) in [5.74, 6) is 1.14. The van der Waals surface area contributed by atoms with E-state index in [-0.39, 0.29) is 0 Å². The average molecular weight is 234 g/mol. The van der Waals surface area contributed by atoms with Crippen LogP contribution in [0.4, 0.5) is 5.82 Å². The normalized spacial score (nSPS) is 14.1. The molecule has 4 nitrogen and oxygen atoms in total. The molecule has 1 aliphatic rings. The molecule has 1 aromatic rings. The van der Waals surface area contributed by atoms with E-state index in [2.05, 4.69) is 28.7 Å². The number of aryl methyl sites for hydroxylation is 1. The van der Waals surface area contributed by atoms with Crippen LogP contribution in [0.2, 0.25) is 0 Å². The summed E-state index contributed by atoms with van der Waals surface area (Å²) >= 11 is 0. The second-order valence-electron chi connectivity index (χ2n) is 4.91. The average Bonchev–Trinajstić information content (AvgIpc) is 2.77. The number of anilines is 1. The first-order chi connectivity index (χ1) is 8.24. The zero-order valence-corrected chi connectivity index (χ0v) is 10.8. The van der Waals surface area contributed by atoms with Gasteiger partial charge in [0, 0.05) is 23.8 Å². The van der Waals surface area contributed by atoms with E-state index in [9.17, 15) is 0 Å². The topological polar surface area (TPSA) is 55.0 Å². The fourth-order valence-corrected chi connectivity index (χ4v) is 2.46. The Hall–Kier alpha value is -1.16. The number of nitrogens with two attached hydrogens (primary N) is 1. The van der Waals surface area contributed by atoms with Gasteiger partial charge in [0.25, 0.3) is 0 Å². The molecule has 4 heteroatoms. The number of hydrogen-bond acceptors (Lipinski definition) is 4. The molecule has 1 aromatic heterocycles. The van der Waals surface area contributed by atoms with Crippen molar-refractivity contribution in [2.75, 3.05) is 18.0 Å². The summed E-state index contributed by atoms with van der Waals surface area (Å²) in [4.78, 5) is 11.2. The molecule has 0 spiro atoms. The van der Waals surface area contributed by atoms with E-state index in [1.807, 2.05) is 0 Å². The van der Waals surface area contributed by atoms with Crippen molar-refractivity contribution >= 4 is 5.82 Å². The Bertz CT molecular complexity index is 376. The maximum atomic E-state index is 5.61. The van der Waals surface area contributed by atoms with Crippen LogP contribution >= 0.6 is 0 Å². The summed E-state index contributed by atoms with van der Waals surface area (Å²) in [7, 11) is 0. The fourth-order valence-electron chi connectivity index (χ4n) is 2.46. The maximum absolute atomic E-state index is 5.61. The molecule has 0 saturated heterocycles. The van der Waals surface area contributed by atoms with Gasteiger partial charge in [-0.25, -0.2) is 9.97 Å². The highest BCUT2D eigenvalue weighted by Gasteiger charge is 2.22. The minimum Gasteiger partial charge on any atom is -0.354 e. The summed E-state index contributed by atoms with van der Waals surface area (Å²) < 4.78 is 0. The van der Waals surface area contributed by atoms with E-state index < -0.39 is 0 Å². The predicted molar refractivity (Wildman–Crippen MR) is 70.2 cm³/mol. The summed E-state index contributed by atoms with van der Waals surface area (Å²) in [5.41, 5.74) is 8.21. The number of rotatable bonds is 5. The molecule has 2 N–H and O–H groups in total. The molecule has 0 unspecified atom stereocenters. The minimum absolute atomic E-state index is 0.459. The Kier molecular flexibility index (Phi) is 3.94. The zero-order chi connectivity index (χ0) is 12.3. The van der Waals surface area contributed by atoms with Gasteiger partial charge in [-0.1, -0.05) is 0 Å². The van der Waals surface area contributed by atoms with Crippen LogP contribution in [-0.4, -0.2) is 29.1 Å². The van der Waals surface area contributed by atoms with Crippen LogP contribution in [0.1, 0.15) is 37.9 Å². The molecule has 0 aromatic carbocycles. The van der Waals surface area contributed by atoms with E-state index in [0.29, 0.717) is 6.04 Å². The van der Waals surface area contributed by atoms with E-state index in [1.54, 1.807) is 6.33 Å². The van der Waals surface area contributed by atoms with Gasteiger partial charge in [-0.05, 0) is 46.1 Å².